The molecule has 3 rings (SSSR count). The van der Waals surface area contributed by atoms with Gasteiger partial charge in [-0.2, -0.15) is 8.42 Å². The second-order valence-electron chi connectivity index (χ2n) is 9.47. The van der Waals surface area contributed by atoms with E-state index in [2.05, 4.69) is 11.3 Å². The molecule has 0 amide bonds. The minimum Gasteiger partial charge on any atom is -0.497 e. The molecule has 12 nitrogen and oxygen atoms in total. The van der Waals surface area contributed by atoms with Gasteiger partial charge in [-0.05, 0) is 41.8 Å². The fraction of sp³-hybridized carbons (Fsp3) is 0.310. The molecule has 3 aromatic carbocycles. The van der Waals surface area contributed by atoms with Crippen molar-refractivity contribution in [2.45, 2.75) is 42.8 Å². The molecule has 0 unspecified atom stereocenters. The Labute approximate surface area is 251 Å². The smallest absolute Gasteiger partial charge is 0.269 e. The van der Waals surface area contributed by atoms with Crippen LogP contribution in [0.4, 0.5) is 5.69 Å². The average Bonchev–Trinajstić information content (AvgIpc) is 2.97. The maximum absolute atomic E-state index is 13.4. The van der Waals surface area contributed by atoms with Crippen LogP contribution in [-0.4, -0.2) is 60.0 Å². The van der Waals surface area contributed by atoms with Gasteiger partial charge in [0.05, 0.1) is 49.0 Å². The zero-order valence-corrected chi connectivity index (χ0v) is 25.3. The quantitative estimate of drug-likeness (QED) is 0.0938. The Morgan fingerprint density at radius 3 is 2.12 bits per heavy atom. The van der Waals surface area contributed by atoms with Gasteiger partial charge in [-0.3, -0.25) is 14.3 Å². The molecular formula is C29H34N2O10S2. The van der Waals surface area contributed by atoms with Crippen LogP contribution in [0.1, 0.15) is 17.5 Å². The van der Waals surface area contributed by atoms with Gasteiger partial charge in [0.1, 0.15) is 18.0 Å². The highest BCUT2D eigenvalue weighted by Gasteiger charge is 2.36. The van der Waals surface area contributed by atoms with E-state index in [0.717, 1.165) is 36.1 Å². The normalized spacial score (nSPS) is 14.0. The Morgan fingerprint density at radius 2 is 1.56 bits per heavy atom. The zero-order chi connectivity index (χ0) is 31.5. The molecule has 3 atom stereocenters. The summed E-state index contributed by atoms with van der Waals surface area (Å²) in [5.74, 6) is 0.619. The number of nitrogens with zero attached hydrogens (tertiary/aromatic N) is 1. The summed E-state index contributed by atoms with van der Waals surface area (Å²) in [6.07, 6.45) is -0.127. The molecule has 0 heterocycles. The van der Waals surface area contributed by atoms with Gasteiger partial charge in [-0.1, -0.05) is 48.5 Å². The number of nitrogens with one attached hydrogen (secondary N) is 1. The summed E-state index contributed by atoms with van der Waals surface area (Å²) >= 11 is 0. The fourth-order valence-corrected chi connectivity index (χ4v) is 5.98. The van der Waals surface area contributed by atoms with Crippen LogP contribution in [0.25, 0.3) is 0 Å². The van der Waals surface area contributed by atoms with Gasteiger partial charge in [0.2, 0.25) is 10.0 Å². The Balaban J connectivity index is 1.95. The average molecular weight is 635 g/mol. The maximum atomic E-state index is 13.4. The highest BCUT2D eigenvalue weighted by atomic mass is 32.2. The van der Waals surface area contributed by atoms with Gasteiger partial charge < -0.3 is 14.2 Å². The largest absolute Gasteiger partial charge is 0.497 e. The number of non-ortho nitro benzene ring substituents is 1. The number of ether oxygens (including phenoxy) is 3. The number of rotatable bonds is 18. The lowest BCUT2D eigenvalue weighted by Gasteiger charge is -2.33. The summed E-state index contributed by atoms with van der Waals surface area (Å²) in [5, 5.41) is 11.0. The third kappa shape index (κ3) is 10.8. The molecule has 0 spiro atoms. The van der Waals surface area contributed by atoms with Gasteiger partial charge in [0.15, 0.2) is 0 Å². The Bertz CT molecular complexity index is 1550. The van der Waals surface area contributed by atoms with Crippen molar-refractivity contribution in [3.8, 4) is 5.75 Å². The number of sulfonamides is 1. The predicted molar refractivity (Wildman–Crippen MR) is 159 cm³/mol. The second-order valence-corrected chi connectivity index (χ2v) is 12.8. The minimum absolute atomic E-state index is 0.0157. The summed E-state index contributed by atoms with van der Waals surface area (Å²) in [6.45, 7) is 3.56. The number of benzene rings is 3. The standard InChI is InChI=1S/C29H34N2O10S2/c1-4-8-27(30-43(36,37)26-17-13-24(14-18-26)31(32)33)29(40-20-23-11-15-25(38-2)16-12-23)28(41-42(3,34)35)21-39-19-22-9-6-5-7-10-22/h4-7,9-18,27-30H,1,8,19-21H2,2-3H3/t27-,28-,29+/m0/s1. The first kappa shape index (κ1) is 33.8. The lowest BCUT2D eigenvalue weighted by atomic mass is 10.0. The molecule has 14 heteroatoms. The summed E-state index contributed by atoms with van der Waals surface area (Å²) in [5.41, 5.74) is 1.25. The molecule has 232 valence electrons. The molecule has 0 aliphatic heterocycles. The molecule has 3 aromatic rings. The summed E-state index contributed by atoms with van der Waals surface area (Å²) in [7, 11) is -6.79. The molecule has 0 aliphatic rings. The van der Waals surface area contributed by atoms with E-state index >= 15 is 0 Å². The van der Waals surface area contributed by atoms with Gasteiger partial charge in [0, 0.05) is 12.1 Å². The molecule has 0 bridgehead atoms. The lowest BCUT2D eigenvalue weighted by Crippen LogP contribution is -2.52. The van der Waals surface area contributed by atoms with Crippen molar-refractivity contribution in [3.63, 3.8) is 0 Å². The lowest BCUT2D eigenvalue weighted by molar-refractivity contribution is -0.384. The minimum atomic E-state index is -4.26. The number of methoxy groups -OCH3 is 1. The van der Waals surface area contributed by atoms with Crippen molar-refractivity contribution < 1.29 is 40.2 Å². The number of nitro groups is 1. The highest BCUT2D eigenvalue weighted by Crippen LogP contribution is 2.22. The molecule has 43 heavy (non-hydrogen) atoms. The Morgan fingerprint density at radius 1 is 0.930 bits per heavy atom. The van der Waals surface area contributed by atoms with Crippen molar-refractivity contribution >= 4 is 25.8 Å². The molecular weight excluding hydrogens is 600 g/mol. The van der Waals surface area contributed by atoms with E-state index in [1.165, 1.54) is 13.2 Å². The van der Waals surface area contributed by atoms with Gasteiger partial charge in [-0.25, -0.2) is 13.1 Å². The SMILES string of the molecule is C=CC[C@H](NS(=O)(=O)c1ccc([N+](=O)[O-])cc1)[C@@H](OCc1ccc(OC)cc1)[C@H](COCc1ccccc1)OS(C)(=O)=O. The maximum Gasteiger partial charge on any atom is 0.269 e. The van der Waals surface area contributed by atoms with Crippen LogP contribution in [0.3, 0.4) is 0 Å². The van der Waals surface area contributed by atoms with Crippen molar-refractivity contribution in [3.05, 3.63) is 113 Å². The topological polar surface area (TPSA) is 160 Å². The molecule has 0 fully saturated rings. The van der Waals surface area contributed by atoms with Crippen LogP contribution in [-0.2, 0) is 47.0 Å². The van der Waals surface area contributed by atoms with E-state index in [1.54, 1.807) is 24.3 Å². The number of hydrogen-bond acceptors (Lipinski definition) is 10. The van der Waals surface area contributed by atoms with E-state index in [0.29, 0.717) is 11.3 Å². The van der Waals surface area contributed by atoms with Crippen LogP contribution in [0.15, 0.2) is 96.4 Å². The molecule has 1 N–H and O–H groups in total. The first-order valence-electron chi connectivity index (χ1n) is 13.0. The first-order chi connectivity index (χ1) is 20.4. The van der Waals surface area contributed by atoms with E-state index < -0.39 is 43.3 Å². The third-order valence-electron chi connectivity index (χ3n) is 6.14. The predicted octanol–water partition coefficient (Wildman–Crippen LogP) is 3.97. The van der Waals surface area contributed by atoms with Gasteiger partial charge >= 0.3 is 0 Å². The monoisotopic (exact) mass is 634 g/mol. The van der Waals surface area contributed by atoms with E-state index in [-0.39, 0.29) is 36.8 Å². The van der Waals surface area contributed by atoms with Crippen molar-refractivity contribution in [1.29, 1.82) is 0 Å². The molecule has 0 aliphatic carbocycles. The van der Waals surface area contributed by atoms with E-state index in [1.807, 2.05) is 30.3 Å². The van der Waals surface area contributed by atoms with Gasteiger partial charge in [-0.15, -0.1) is 6.58 Å². The van der Waals surface area contributed by atoms with Crippen LogP contribution >= 0.6 is 0 Å². The number of nitro benzene ring substituents is 1. The Hall–Kier alpha value is -3.66. The van der Waals surface area contributed by atoms with Crippen LogP contribution in [0, 0.1) is 10.1 Å². The summed E-state index contributed by atoms with van der Waals surface area (Å²) in [4.78, 5) is 10.2. The third-order valence-corrected chi connectivity index (χ3v) is 8.24. The second kappa shape index (κ2) is 15.7. The van der Waals surface area contributed by atoms with Gasteiger partial charge in [0.25, 0.3) is 15.8 Å². The molecule has 0 saturated carbocycles. The molecule has 0 aromatic heterocycles. The summed E-state index contributed by atoms with van der Waals surface area (Å²) in [6, 6.07) is 19.4. The van der Waals surface area contributed by atoms with Crippen molar-refractivity contribution in [1.82, 2.24) is 4.72 Å². The van der Waals surface area contributed by atoms with E-state index in [9.17, 15) is 26.9 Å². The van der Waals surface area contributed by atoms with Crippen LogP contribution in [0.2, 0.25) is 0 Å². The highest BCUT2D eigenvalue weighted by molar-refractivity contribution is 7.89. The van der Waals surface area contributed by atoms with Crippen molar-refractivity contribution in [2.75, 3.05) is 20.0 Å². The molecule has 0 saturated heterocycles. The number of hydrogen-bond donors (Lipinski definition) is 1. The summed E-state index contributed by atoms with van der Waals surface area (Å²) < 4.78 is 76.6. The fourth-order valence-electron chi connectivity index (χ4n) is 4.11. The van der Waals surface area contributed by atoms with Crippen LogP contribution in [0.5, 0.6) is 5.75 Å². The molecule has 0 radical (unpaired) electrons. The van der Waals surface area contributed by atoms with Crippen LogP contribution < -0.4 is 9.46 Å². The van der Waals surface area contributed by atoms with E-state index in [4.69, 9.17) is 18.4 Å². The first-order valence-corrected chi connectivity index (χ1v) is 16.3. The van der Waals surface area contributed by atoms with Crippen molar-refractivity contribution in [2.24, 2.45) is 0 Å². The zero-order valence-electron chi connectivity index (χ0n) is 23.7. The Kier molecular flexibility index (Phi) is 12.4.